The number of carbonyl (C=O) groups excluding carboxylic acids is 1. The van der Waals surface area contributed by atoms with Crippen LogP contribution in [0, 0.1) is 0 Å². The average molecular weight is 375 g/mol. The molecular formula is C23H25N3O2. The second-order valence-corrected chi connectivity index (χ2v) is 6.68. The summed E-state index contributed by atoms with van der Waals surface area (Å²) in [5.74, 6) is 0.686. The molecule has 3 rings (SSSR count). The first kappa shape index (κ1) is 19.5. The van der Waals surface area contributed by atoms with E-state index in [1.807, 2.05) is 53.4 Å². The van der Waals surface area contributed by atoms with E-state index in [9.17, 15) is 4.79 Å². The van der Waals surface area contributed by atoms with Crippen LogP contribution in [0.15, 0.2) is 67.1 Å². The Balaban J connectivity index is 1.93. The third-order valence-corrected chi connectivity index (χ3v) is 4.86. The molecule has 0 radical (unpaired) electrons. The van der Waals surface area contributed by atoms with E-state index < -0.39 is 0 Å². The number of methoxy groups -OCH3 is 1. The van der Waals surface area contributed by atoms with E-state index in [2.05, 4.69) is 23.8 Å². The lowest BCUT2D eigenvalue weighted by Gasteiger charge is -2.29. The molecule has 1 atom stereocenters. The maximum Gasteiger partial charge on any atom is 0.254 e. The highest BCUT2D eigenvalue weighted by Crippen LogP contribution is 2.28. The minimum Gasteiger partial charge on any atom is -0.494 e. The lowest BCUT2D eigenvalue weighted by Crippen LogP contribution is -2.37. The van der Waals surface area contributed by atoms with E-state index in [0.717, 1.165) is 23.2 Å². The molecule has 0 fully saturated rings. The third-order valence-electron chi connectivity index (χ3n) is 4.86. The van der Waals surface area contributed by atoms with Crippen molar-refractivity contribution in [1.82, 2.24) is 14.9 Å². The topological polar surface area (TPSA) is 55.3 Å². The summed E-state index contributed by atoms with van der Waals surface area (Å²) in [5, 5.41) is 0. The molecule has 5 heteroatoms. The van der Waals surface area contributed by atoms with Crippen LogP contribution >= 0.6 is 0 Å². The molecule has 28 heavy (non-hydrogen) atoms. The SMILES string of the molecule is CC[C@@H](C)N(Cc1ccncc1)C(=O)c1cccc(-c2ncccc2OC)c1. The van der Waals surface area contributed by atoms with Gasteiger partial charge >= 0.3 is 0 Å². The van der Waals surface area contributed by atoms with Gasteiger partial charge in [0.05, 0.1) is 7.11 Å². The quantitative estimate of drug-likeness (QED) is 0.606. The molecule has 0 bridgehead atoms. The average Bonchev–Trinajstić information content (AvgIpc) is 2.77. The minimum atomic E-state index is 0.00269. The highest BCUT2D eigenvalue weighted by atomic mass is 16.5. The lowest BCUT2D eigenvalue weighted by atomic mass is 10.0. The first-order valence-electron chi connectivity index (χ1n) is 9.43. The maximum absolute atomic E-state index is 13.3. The van der Waals surface area contributed by atoms with Crippen molar-refractivity contribution >= 4 is 5.91 Å². The molecule has 0 saturated carbocycles. The first-order valence-corrected chi connectivity index (χ1v) is 9.43. The summed E-state index contributed by atoms with van der Waals surface area (Å²) in [4.78, 5) is 23.7. The van der Waals surface area contributed by atoms with Gasteiger partial charge in [-0.15, -0.1) is 0 Å². The largest absolute Gasteiger partial charge is 0.494 e. The summed E-state index contributed by atoms with van der Waals surface area (Å²) >= 11 is 0. The fraction of sp³-hybridized carbons (Fsp3) is 0.261. The Labute approximate surface area is 166 Å². The number of rotatable bonds is 7. The lowest BCUT2D eigenvalue weighted by molar-refractivity contribution is 0.0671. The molecule has 1 amide bonds. The number of amides is 1. The Morgan fingerprint density at radius 3 is 2.61 bits per heavy atom. The standard InChI is InChI=1S/C23H25N3O2/c1-4-17(2)26(16-18-10-13-24-14-11-18)23(27)20-8-5-7-19(15-20)22-21(28-3)9-6-12-25-22/h5-15,17H,4,16H2,1-3H3/t17-/m1/s1. The van der Waals surface area contributed by atoms with Crippen molar-refractivity contribution in [3.8, 4) is 17.0 Å². The van der Waals surface area contributed by atoms with Gasteiger partial charge in [0.1, 0.15) is 11.4 Å². The number of nitrogens with zero attached hydrogens (tertiary/aromatic N) is 3. The van der Waals surface area contributed by atoms with Gasteiger partial charge in [-0.3, -0.25) is 14.8 Å². The van der Waals surface area contributed by atoms with Gasteiger partial charge in [-0.1, -0.05) is 19.1 Å². The summed E-state index contributed by atoms with van der Waals surface area (Å²) in [6.45, 7) is 4.71. The number of ether oxygens (including phenoxy) is 1. The highest BCUT2D eigenvalue weighted by Gasteiger charge is 2.21. The van der Waals surface area contributed by atoms with Crippen molar-refractivity contribution in [2.24, 2.45) is 0 Å². The molecule has 2 heterocycles. The van der Waals surface area contributed by atoms with Crippen molar-refractivity contribution in [2.45, 2.75) is 32.9 Å². The van der Waals surface area contributed by atoms with Gasteiger partial charge < -0.3 is 9.64 Å². The van der Waals surface area contributed by atoms with E-state index >= 15 is 0 Å². The monoisotopic (exact) mass is 375 g/mol. The van der Waals surface area contributed by atoms with Crippen LogP contribution in [0.4, 0.5) is 0 Å². The van der Waals surface area contributed by atoms with Crippen molar-refractivity contribution in [3.05, 3.63) is 78.2 Å². The van der Waals surface area contributed by atoms with Gasteiger partial charge in [-0.25, -0.2) is 0 Å². The molecule has 0 aliphatic rings. The Bertz CT molecular complexity index is 928. The zero-order valence-electron chi connectivity index (χ0n) is 16.5. The Hall–Kier alpha value is -3.21. The summed E-state index contributed by atoms with van der Waals surface area (Å²) < 4.78 is 5.42. The van der Waals surface area contributed by atoms with Gasteiger partial charge in [0, 0.05) is 42.3 Å². The van der Waals surface area contributed by atoms with Gasteiger partial charge in [-0.2, -0.15) is 0 Å². The summed E-state index contributed by atoms with van der Waals surface area (Å²) in [6, 6.07) is 15.3. The number of aromatic nitrogens is 2. The van der Waals surface area contributed by atoms with E-state index in [0.29, 0.717) is 17.9 Å². The van der Waals surface area contributed by atoms with Gasteiger partial charge in [-0.05, 0) is 55.3 Å². The number of carbonyl (C=O) groups is 1. The predicted molar refractivity (Wildman–Crippen MR) is 110 cm³/mol. The molecule has 0 aliphatic carbocycles. The Kier molecular flexibility index (Phi) is 6.37. The van der Waals surface area contributed by atoms with E-state index in [4.69, 9.17) is 4.74 Å². The van der Waals surface area contributed by atoms with Crippen molar-refractivity contribution in [1.29, 1.82) is 0 Å². The van der Waals surface area contributed by atoms with Crippen LogP contribution in [0.2, 0.25) is 0 Å². The molecule has 5 nitrogen and oxygen atoms in total. The zero-order chi connectivity index (χ0) is 19.9. The molecular weight excluding hydrogens is 350 g/mol. The smallest absolute Gasteiger partial charge is 0.254 e. The van der Waals surface area contributed by atoms with E-state index in [-0.39, 0.29) is 11.9 Å². The van der Waals surface area contributed by atoms with Crippen LogP contribution in [-0.4, -0.2) is 33.9 Å². The third kappa shape index (κ3) is 4.36. The highest BCUT2D eigenvalue weighted by molar-refractivity contribution is 5.95. The second-order valence-electron chi connectivity index (χ2n) is 6.68. The van der Waals surface area contributed by atoms with E-state index in [1.54, 1.807) is 25.7 Å². The maximum atomic E-state index is 13.3. The van der Waals surface area contributed by atoms with Gasteiger partial charge in [0.15, 0.2) is 0 Å². The molecule has 0 N–H and O–H groups in total. The van der Waals surface area contributed by atoms with Crippen molar-refractivity contribution in [3.63, 3.8) is 0 Å². The van der Waals surface area contributed by atoms with Crippen molar-refractivity contribution < 1.29 is 9.53 Å². The van der Waals surface area contributed by atoms with Crippen LogP contribution in [-0.2, 0) is 6.54 Å². The molecule has 0 saturated heterocycles. The molecule has 144 valence electrons. The Morgan fingerprint density at radius 2 is 1.89 bits per heavy atom. The van der Waals surface area contributed by atoms with Gasteiger partial charge in [0.25, 0.3) is 5.91 Å². The van der Waals surface area contributed by atoms with Gasteiger partial charge in [0.2, 0.25) is 0 Å². The Morgan fingerprint density at radius 1 is 1.11 bits per heavy atom. The molecule has 3 aromatic rings. The fourth-order valence-corrected chi connectivity index (χ4v) is 3.07. The first-order chi connectivity index (χ1) is 13.6. The molecule has 0 unspecified atom stereocenters. The van der Waals surface area contributed by atoms with E-state index in [1.165, 1.54) is 0 Å². The molecule has 0 aliphatic heterocycles. The summed E-state index contributed by atoms with van der Waals surface area (Å²) in [5.41, 5.74) is 3.28. The fourth-order valence-electron chi connectivity index (χ4n) is 3.07. The normalized spacial score (nSPS) is 11.7. The van der Waals surface area contributed by atoms with Crippen molar-refractivity contribution in [2.75, 3.05) is 7.11 Å². The second kappa shape index (κ2) is 9.13. The van der Waals surface area contributed by atoms with Crippen LogP contribution in [0.1, 0.15) is 36.2 Å². The van der Waals surface area contributed by atoms with Crippen LogP contribution in [0.3, 0.4) is 0 Å². The summed E-state index contributed by atoms with van der Waals surface area (Å²) in [6.07, 6.45) is 6.11. The molecule has 1 aromatic carbocycles. The predicted octanol–water partition coefficient (Wildman–Crippen LogP) is 4.59. The van der Waals surface area contributed by atoms with Crippen LogP contribution in [0.25, 0.3) is 11.3 Å². The number of hydrogen-bond donors (Lipinski definition) is 0. The number of hydrogen-bond acceptors (Lipinski definition) is 4. The van der Waals surface area contributed by atoms with Crippen LogP contribution in [0.5, 0.6) is 5.75 Å². The minimum absolute atomic E-state index is 0.00269. The molecule has 0 spiro atoms. The molecule has 2 aromatic heterocycles. The zero-order valence-corrected chi connectivity index (χ0v) is 16.5. The van der Waals surface area contributed by atoms with Crippen LogP contribution < -0.4 is 4.74 Å². The number of benzene rings is 1. The summed E-state index contributed by atoms with van der Waals surface area (Å²) in [7, 11) is 1.62. The number of pyridine rings is 2.